The number of rotatable bonds is 9. The smallest absolute Gasteiger partial charge is 0.213 e. The molecule has 0 bridgehead atoms. The predicted octanol–water partition coefficient (Wildman–Crippen LogP) is 4.20. The summed E-state index contributed by atoms with van der Waals surface area (Å²) in [4.78, 5) is 8.99. The molecule has 1 unspecified atom stereocenters. The van der Waals surface area contributed by atoms with E-state index in [9.17, 15) is 5.11 Å². The number of hydrogen-bond donors (Lipinski definition) is 3. The van der Waals surface area contributed by atoms with Crippen LogP contribution >= 0.6 is 24.0 Å². The molecule has 3 rings (SSSR count). The third-order valence-corrected chi connectivity index (χ3v) is 5.05. The lowest BCUT2D eigenvalue weighted by Gasteiger charge is -2.15. The SMILES string of the molecule is CCNC(=NCc1ccnc(OC2CCCC2)c1)NCCC(O)c1ccccc1.I. The van der Waals surface area contributed by atoms with E-state index in [4.69, 9.17) is 4.74 Å². The van der Waals surface area contributed by atoms with Crippen molar-refractivity contribution in [3.8, 4) is 5.88 Å². The van der Waals surface area contributed by atoms with Gasteiger partial charge in [0, 0.05) is 25.4 Å². The summed E-state index contributed by atoms with van der Waals surface area (Å²) in [6.07, 6.45) is 6.94. The Morgan fingerprint density at radius 2 is 1.97 bits per heavy atom. The maximum atomic E-state index is 10.3. The number of aliphatic hydroxyl groups is 1. The summed E-state index contributed by atoms with van der Waals surface area (Å²) >= 11 is 0. The van der Waals surface area contributed by atoms with E-state index in [0.29, 0.717) is 31.5 Å². The molecule has 1 aromatic carbocycles. The Morgan fingerprint density at radius 1 is 1.20 bits per heavy atom. The van der Waals surface area contributed by atoms with Gasteiger partial charge in [-0.2, -0.15) is 0 Å². The largest absolute Gasteiger partial charge is 0.474 e. The van der Waals surface area contributed by atoms with Gasteiger partial charge in [-0.1, -0.05) is 30.3 Å². The number of aliphatic hydroxyl groups excluding tert-OH is 1. The lowest BCUT2D eigenvalue weighted by Crippen LogP contribution is -2.38. The molecule has 1 fully saturated rings. The first-order valence-corrected chi connectivity index (χ1v) is 10.6. The maximum Gasteiger partial charge on any atom is 0.213 e. The highest BCUT2D eigenvalue weighted by Gasteiger charge is 2.17. The van der Waals surface area contributed by atoms with Crippen LogP contribution in [0.3, 0.4) is 0 Å². The Bertz CT molecular complexity index is 767. The van der Waals surface area contributed by atoms with E-state index >= 15 is 0 Å². The number of halogens is 1. The standard InChI is InChI=1S/C23H32N4O2.HI/c1-2-24-23(26-15-13-21(28)19-8-4-3-5-9-19)27-17-18-12-14-25-22(16-18)29-20-10-6-7-11-20;/h3-5,8-9,12,14,16,20-21,28H,2,6-7,10-11,13,15,17H2,1H3,(H2,24,26,27);1H. The number of benzene rings is 1. The molecule has 1 heterocycles. The molecule has 7 heteroatoms. The van der Waals surface area contributed by atoms with Crippen LogP contribution in [0.4, 0.5) is 0 Å². The first kappa shape index (κ1) is 24.4. The summed E-state index contributed by atoms with van der Waals surface area (Å²) in [5.41, 5.74) is 2.00. The predicted molar refractivity (Wildman–Crippen MR) is 131 cm³/mol. The molecule has 0 saturated heterocycles. The lowest BCUT2D eigenvalue weighted by molar-refractivity contribution is 0.168. The Balaban J connectivity index is 0.00000320. The molecule has 1 saturated carbocycles. The minimum atomic E-state index is -0.484. The molecule has 1 aliphatic rings. The van der Waals surface area contributed by atoms with Gasteiger partial charge in [0.25, 0.3) is 0 Å². The van der Waals surface area contributed by atoms with Gasteiger partial charge in [0.1, 0.15) is 6.10 Å². The van der Waals surface area contributed by atoms with Crippen LogP contribution < -0.4 is 15.4 Å². The molecular formula is C23H33IN4O2. The first-order chi connectivity index (χ1) is 14.2. The van der Waals surface area contributed by atoms with Crippen molar-refractivity contribution in [1.29, 1.82) is 0 Å². The van der Waals surface area contributed by atoms with Gasteiger partial charge in [-0.05, 0) is 56.2 Å². The molecule has 0 spiro atoms. The van der Waals surface area contributed by atoms with E-state index in [1.165, 1.54) is 12.8 Å². The minimum absolute atomic E-state index is 0. The zero-order valence-corrected chi connectivity index (χ0v) is 19.9. The third kappa shape index (κ3) is 8.10. The van der Waals surface area contributed by atoms with Gasteiger partial charge < -0.3 is 20.5 Å². The van der Waals surface area contributed by atoms with Crippen molar-refractivity contribution in [3.05, 3.63) is 59.8 Å². The molecule has 0 aliphatic heterocycles. The normalized spacial score (nSPS) is 15.3. The number of pyridine rings is 1. The Labute approximate surface area is 196 Å². The second-order valence-electron chi connectivity index (χ2n) is 7.36. The first-order valence-electron chi connectivity index (χ1n) is 10.6. The summed E-state index contributed by atoms with van der Waals surface area (Å²) in [6.45, 7) is 3.99. The van der Waals surface area contributed by atoms with Gasteiger partial charge in [-0.25, -0.2) is 9.98 Å². The number of nitrogens with zero attached hydrogens (tertiary/aromatic N) is 2. The zero-order chi connectivity index (χ0) is 20.3. The molecule has 2 aromatic rings. The summed E-state index contributed by atoms with van der Waals surface area (Å²) in [6, 6.07) is 13.7. The van der Waals surface area contributed by atoms with Crippen LogP contribution in [0.5, 0.6) is 5.88 Å². The minimum Gasteiger partial charge on any atom is -0.474 e. The van der Waals surface area contributed by atoms with Crippen LogP contribution in [-0.4, -0.2) is 35.2 Å². The molecule has 164 valence electrons. The number of hydrogen-bond acceptors (Lipinski definition) is 4. The maximum absolute atomic E-state index is 10.3. The molecular weight excluding hydrogens is 491 g/mol. The van der Waals surface area contributed by atoms with E-state index in [2.05, 4.69) is 20.6 Å². The van der Waals surface area contributed by atoms with Crippen LogP contribution in [0.1, 0.15) is 56.3 Å². The van der Waals surface area contributed by atoms with Crippen molar-refractivity contribution in [2.24, 2.45) is 4.99 Å². The van der Waals surface area contributed by atoms with Gasteiger partial charge in [0.2, 0.25) is 5.88 Å². The fourth-order valence-corrected chi connectivity index (χ4v) is 3.47. The summed E-state index contributed by atoms with van der Waals surface area (Å²) in [5, 5.41) is 16.8. The number of ether oxygens (including phenoxy) is 1. The second kappa shape index (κ2) is 13.4. The van der Waals surface area contributed by atoms with Gasteiger partial charge in [-0.15, -0.1) is 24.0 Å². The lowest BCUT2D eigenvalue weighted by atomic mass is 10.1. The number of aliphatic imine (C=N–C) groups is 1. The molecule has 1 aromatic heterocycles. The summed E-state index contributed by atoms with van der Waals surface area (Å²) in [5.74, 6) is 1.43. The van der Waals surface area contributed by atoms with E-state index in [-0.39, 0.29) is 24.0 Å². The van der Waals surface area contributed by atoms with Crippen LogP contribution in [0, 0.1) is 0 Å². The van der Waals surface area contributed by atoms with Crippen LogP contribution in [-0.2, 0) is 6.54 Å². The second-order valence-corrected chi connectivity index (χ2v) is 7.36. The van der Waals surface area contributed by atoms with Crippen molar-refractivity contribution in [2.75, 3.05) is 13.1 Å². The van der Waals surface area contributed by atoms with Gasteiger partial charge in [0.05, 0.1) is 12.6 Å². The van der Waals surface area contributed by atoms with Crippen molar-refractivity contribution >= 4 is 29.9 Å². The average molecular weight is 524 g/mol. The van der Waals surface area contributed by atoms with E-state index in [1.54, 1.807) is 6.20 Å². The monoisotopic (exact) mass is 524 g/mol. The van der Waals surface area contributed by atoms with Gasteiger partial charge >= 0.3 is 0 Å². The summed E-state index contributed by atoms with van der Waals surface area (Å²) < 4.78 is 5.98. The van der Waals surface area contributed by atoms with E-state index in [0.717, 1.165) is 36.5 Å². The fourth-order valence-electron chi connectivity index (χ4n) is 3.47. The zero-order valence-electron chi connectivity index (χ0n) is 17.6. The highest BCUT2D eigenvalue weighted by molar-refractivity contribution is 14.0. The van der Waals surface area contributed by atoms with Crippen molar-refractivity contribution in [3.63, 3.8) is 0 Å². The van der Waals surface area contributed by atoms with Crippen LogP contribution in [0.2, 0.25) is 0 Å². The Morgan fingerprint density at radius 3 is 2.70 bits per heavy atom. The number of nitrogens with one attached hydrogen (secondary N) is 2. The van der Waals surface area contributed by atoms with Crippen LogP contribution in [0.25, 0.3) is 0 Å². The topological polar surface area (TPSA) is 78.8 Å². The Hall–Kier alpha value is -1.87. The van der Waals surface area contributed by atoms with Gasteiger partial charge in [-0.3, -0.25) is 0 Å². The highest BCUT2D eigenvalue weighted by Crippen LogP contribution is 2.23. The fraction of sp³-hybridized carbons (Fsp3) is 0.478. The molecule has 30 heavy (non-hydrogen) atoms. The molecule has 3 N–H and O–H groups in total. The molecule has 1 aliphatic carbocycles. The number of guanidine groups is 1. The van der Waals surface area contributed by atoms with Crippen molar-refractivity contribution in [2.45, 2.75) is 57.8 Å². The van der Waals surface area contributed by atoms with Crippen LogP contribution in [0.15, 0.2) is 53.7 Å². The molecule has 0 radical (unpaired) electrons. The summed E-state index contributed by atoms with van der Waals surface area (Å²) in [7, 11) is 0. The van der Waals surface area contributed by atoms with Crippen molar-refractivity contribution in [1.82, 2.24) is 15.6 Å². The molecule has 6 nitrogen and oxygen atoms in total. The molecule has 1 atom stereocenters. The van der Waals surface area contributed by atoms with E-state index in [1.807, 2.05) is 49.4 Å². The van der Waals surface area contributed by atoms with E-state index < -0.39 is 6.10 Å². The quantitative estimate of drug-likeness (QED) is 0.261. The van der Waals surface area contributed by atoms with Gasteiger partial charge in [0.15, 0.2) is 5.96 Å². The van der Waals surface area contributed by atoms with Crippen molar-refractivity contribution < 1.29 is 9.84 Å². The molecule has 0 amide bonds. The third-order valence-electron chi connectivity index (χ3n) is 5.05. The average Bonchev–Trinajstić information content (AvgIpc) is 3.26. The highest BCUT2D eigenvalue weighted by atomic mass is 127. The Kier molecular flexibility index (Phi) is 10.9. The number of aromatic nitrogens is 1.